The lowest BCUT2D eigenvalue weighted by Gasteiger charge is -2.14. The number of nitrogens with two attached hydrogens (primary N) is 1. The van der Waals surface area contributed by atoms with E-state index >= 15 is 0 Å². The van der Waals surface area contributed by atoms with Crippen LogP contribution in [0.5, 0.6) is 0 Å². The molecular formula is C12H17ClN2O3S. The van der Waals surface area contributed by atoms with E-state index in [1.165, 1.54) is 6.07 Å². The normalized spacial score (nSPS) is 13.0. The molecule has 1 atom stereocenters. The highest BCUT2D eigenvalue weighted by atomic mass is 35.5. The molecule has 0 radical (unpaired) electrons. The van der Waals surface area contributed by atoms with Gasteiger partial charge in [-0.2, -0.15) is 0 Å². The molecule has 19 heavy (non-hydrogen) atoms. The summed E-state index contributed by atoms with van der Waals surface area (Å²) in [6.45, 7) is 1.74. The SMILES string of the molecule is C[C@H](CCS(C)(=O)=O)NC(=O)c1cc(Cl)ccc1N. The second-order valence-corrected chi connectivity index (χ2v) is 7.22. The number of nitrogens with one attached hydrogen (secondary N) is 1. The fraction of sp³-hybridized carbons (Fsp3) is 0.417. The van der Waals surface area contributed by atoms with Crippen molar-refractivity contribution in [1.29, 1.82) is 0 Å². The zero-order chi connectivity index (χ0) is 14.6. The first-order valence-corrected chi connectivity index (χ1v) is 8.16. The summed E-state index contributed by atoms with van der Waals surface area (Å²) in [6, 6.07) is 4.37. The summed E-state index contributed by atoms with van der Waals surface area (Å²) in [5.41, 5.74) is 6.32. The summed E-state index contributed by atoms with van der Waals surface area (Å²) >= 11 is 5.80. The molecule has 106 valence electrons. The lowest BCUT2D eigenvalue weighted by atomic mass is 10.1. The lowest BCUT2D eigenvalue weighted by Crippen LogP contribution is -2.34. The van der Waals surface area contributed by atoms with Crippen LogP contribution in [-0.2, 0) is 9.84 Å². The van der Waals surface area contributed by atoms with Crippen LogP contribution in [0.3, 0.4) is 0 Å². The third kappa shape index (κ3) is 5.48. The number of amides is 1. The van der Waals surface area contributed by atoms with Crippen molar-refractivity contribution in [1.82, 2.24) is 5.32 Å². The minimum absolute atomic E-state index is 0.0273. The van der Waals surface area contributed by atoms with Gasteiger partial charge in [-0.25, -0.2) is 8.42 Å². The Morgan fingerprint density at radius 1 is 1.47 bits per heavy atom. The van der Waals surface area contributed by atoms with Crippen molar-refractivity contribution in [3.63, 3.8) is 0 Å². The number of carbonyl (C=O) groups is 1. The first kappa shape index (κ1) is 15.8. The van der Waals surface area contributed by atoms with Crippen LogP contribution in [0.2, 0.25) is 5.02 Å². The Labute approximate surface area is 118 Å². The number of carbonyl (C=O) groups excluding carboxylic acids is 1. The Balaban J connectivity index is 2.66. The number of anilines is 1. The fourth-order valence-electron chi connectivity index (χ4n) is 1.49. The van der Waals surface area contributed by atoms with Crippen molar-refractivity contribution in [2.75, 3.05) is 17.7 Å². The Hall–Kier alpha value is -1.27. The molecule has 0 saturated carbocycles. The van der Waals surface area contributed by atoms with E-state index in [2.05, 4.69) is 5.32 Å². The molecule has 0 fully saturated rings. The smallest absolute Gasteiger partial charge is 0.253 e. The molecule has 1 rings (SSSR count). The molecule has 0 aromatic heterocycles. The summed E-state index contributed by atoms with van der Waals surface area (Å²) in [6.07, 6.45) is 1.52. The Morgan fingerprint density at radius 2 is 2.11 bits per heavy atom. The van der Waals surface area contributed by atoms with E-state index in [0.29, 0.717) is 22.7 Å². The Kier molecular flexibility index (Phi) is 5.20. The molecule has 1 amide bonds. The van der Waals surface area contributed by atoms with Gasteiger partial charge in [-0.05, 0) is 31.5 Å². The third-order valence-electron chi connectivity index (χ3n) is 2.56. The average molecular weight is 305 g/mol. The molecule has 0 saturated heterocycles. The Bertz CT molecular complexity index is 572. The van der Waals surface area contributed by atoms with Crippen LogP contribution in [0.1, 0.15) is 23.7 Å². The summed E-state index contributed by atoms with van der Waals surface area (Å²) in [5.74, 6) is -0.333. The minimum atomic E-state index is -3.03. The number of halogens is 1. The van der Waals surface area contributed by atoms with Crippen LogP contribution in [0.25, 0.3) is 0 Å². The third-order valence-corrected chi connectivity index (χ3v) is 3.77. The van der Waals surface area contributed by atoms with Crippen molar-refractivity contribution < 1.29 is 13.2 Å². The largest absolute Gasteiger partial charge is 0.398 e. The van der Waals surface area contributed by atoms with Crippen molar-refractivity contribution >= 4 is 33.0 Å². The van der Waals surface area contributed by atoms with Crippen LogP contribution in [-0.4, -0.2) is 32.4 Å². The highest BCUT2D eigenvalue weighted by Gasteiger charge is 2.14. The molecule has 0 aliphatic rings. The molecule has 0 aliphatic heterocycles. The monoisotopic (exact) mass is 304 g/mol. The van der Waals surface area contributed by atoms with Gasteiger partial charge in [-0.3, -0.25) is 4.79 Å². The summed E-state index contributed by atoms with van der Waals surface area (Å²) in [4.78, 5) is 12.0. The summed E-state index contributed by atoms with van der Waals surface area (Å²) in [5, 5.41) is 3.11. The first-order valence-electron chi connectivity index (χ1n) is 5.72. The predicted octanol–water partition coefficient (Wildman–Crippen LogP) is 1.48. The van der Waals surface area contributed by atoms with Crippen LogP contribution in [0.4, 0.5) is 5.69 Å². The molecule has 1 aromatic carbocycles. The fourth-order valence-corrected chi connectivity index (χ4v) is 2.44. The van der Waals surface area contributed by atoms with Crippen LogP contribution < -0.4 is 11.1 Å². The quantitative estimate of drug-likeness (QED) is 0.806. The van der Waals surface area contributed by atoms with Gasteiger partial charge in [0.05, 0.1) is 11.3 Å². The van der Waals surface area contributed by atoms with Crippen LogP contribution in [0, 0.1) is 0 Å². The van der Waals surface area contributed by atoms with E-state index in [1.807, 2.05) is 0 Å². The number of sulfone groups is 1. The van der Waals surface area contributed by atoms with E-state index in [-0.39, 0.29) is 17.7 Å². The van der Waals surface area contributed by atoms with E-state index in [1.54, 1.807) is 19.1 Å². The molecule has 0 aliphatic carbocycles. The number of benzene rings is 1. The molecule has 5 nitrogen and oxygen atoms in total. The van der Waals surface area contributed by atoms with Gasteiger partial charge in [0.1, 0.15) is 9.84 Å². The molecule has 0 heterocycles. The molecule has 3 N–H and O–H groups in total. The summed E-state index contributed by atoms with van der Waals surface area (Å²) < 4.78 is 22.1. The van der Waals surface area contributed by atoms with Gasteiger partial charge in [-0.15, -0.1) is 0 Å². The van der Waals surface area contributed by atoms with Crippen molar-refractivity contribution in [2.45, 2.75) is 19.4 Å². The highest BCUT2D eigenvalue weighted by molar-refractivity contribution is 7.90. The topological polar surface area (TPSA) is 89.3 Å². The van der Waals surface area contributed by atoms with Crippen molar-refractivity contribution in [2.24, 2.45) is 0 Å². The maximum Gasteiger partial charge on any atom is 0.253 e. The number of hydrogen-bond donors (Lipinski definition) is 2. The van der Waals surface area contributed by atoms with E-state index in [9.17, 15) is 13.2 Å². The molecule has 7 heteroatoms. The molecule has 0 unspecified atom stereocenters. The Morgan fingerprint density at radius 3 is 2.68 bits per heavy atom. The zero-order valence-electron chi connectivity index (χ0n) is 10.8. The standard InChI is InChI=1S/C12H17ClN2O3S/c1-8(5-6-19(2,17)18)15-12(16)10-7-9(13)3-4-11(10)14/h3-4,7-8H,5-6,14H2,1-2H3,(H,15,16)/t8-/m1/s1. The van der Waals surface area contributed by atoms with Crippen LogP contribution in [0.15, 0.2) is 18.2 Å². The van der Waals surface area contributed by atoms with Gasteiger partial charge in [0.15, 0.2) is 0 Å². The van der Waals surface area contributed by atoms with E-state index < -0.39 is 9.84 Å². The second-order valence-electron chi connectivity index (χ2n) is 4.52. The number of rotatable bonds is 5. The molecule has 0 bridgehead atoms. The van der Waals surface area contributed by atoms with E-state index in [4.69, 9.17) is 17.3 Å². The number of hydrogen-bond acceptors (Lipinski definition) is 4. The van der Waals surface area contributed by atoms with Gasteiger partial charge in [0.2, 0.25) is 0 Å². The molecule has 1 aromatic rings. The number of nitrogen functional groups attached to an aromatic ring is 1. The van der Waals surface area contributed by atoms with Gasteiger partial charge in [0, 0.05) is 23.0 Å². The maximum absolute atomic E-state index is 12.0. The average Bonchev–Trinajstić information content (AvgIpc) is 2.28. The van der Waals surface area contributed by atoms with Crippen molar-refractivity contribution in [3.05, 3.63) is 28.8 Å². The first-order chi connectivity index (χ1) is 8.69. The lowest BCUT2D eigenvalue weighted by molar-refractivity contribution is 0.0940. The maximum atomic E-state index is 12.0. The van der Waals surface area contributed by atoms with Gasteiger partial charge >= 0.3 is 0 Å². The minimum Gasteiger partial charge on any atom is -0.398 e. The van der Waals surface area contributed by atoms with Gasteiger partial charge in [0.25, 0.3) is 5.91 Å². The zero-order valence-corrected chi connectivity index (χ0v) is 12.4. The molecular weight excluding hydrogens is 288 g/mol. The van der Waals surface area contributed by atoms with Gasteiger partial charge < -0.3 is 11.1 Å². The van der Waals surface area contributed by atoms with Gasteiger partial charge in [-0.1, -0.05) is 11.6 Å². The van der Waals surface area contributed by atoms with E-state index in [0.717, 1.165) is 6.26 Å². The van der Waals surface area contributed by atoms with Crippen LogP contribution >= 0.6 is 11.6 Å². The second kappa shape index (κ2) is 6.25. The summed E-state index contributed by atoms with van der Waals surface area (Å²) in [7, 11) is -3.03. The molecule has 0 spiro atoms. The highest BCUT2D eigenvalue weighted by Crippen LogP contribution is 2.17. The predicted molar refractivity (Wildman–Crippen MR) is 77.1 cm³/mol. The van der Waals surface area contributed by atoms with Crippen molar-refractivity contribution in [3.8, 4) is 0 Å².